The van der Waals surface area contributed by atoms with Gasteiger partial charge in [0.1, 0.15) is 11.5 Å². The standard InChI is InChI=1S/C9H8O3.C7H6O2/c1-7(11)12-9-5-3-2-4-8(9)6-10;8-5-6-3-1-2-4-7(6)9/h2-6H,1H3;1-5,9H. The topological polar surface area (TPSA) is 80.7 Å². The third kappa shape index (κ3) is 5.28. The van der Waals surface area contributed by atoms with E-state index < -0.39 is 5.97 Å². The molecule has 21 heavy (non-hydrogen) atoms. The molecule has 0 spiro atoms. The predicted molar refractivity (Wildman–Crippen MR) is 76.6 cm³/mol. The van der Waals surface area contributed by atoms with Crippen LogP contribution in [0, 0.1) is 0 Å². The summed E-state index contributed by atoms with van der Waals surface area (Å²) in [6, 6.07) is 13.0. The number of aldehydes is 2. The lowest BCUT2D eigenvalue weighted by Crippen LogP contribution is -2.03. The van der Waals surface area contributed by atoms with E-state index in [1.54, 1.807) is 42.5 Å². The quantitative estimate of drug-likeness (QED) is 0.533. The second-order valence-electron chi connectivity index (χ2n) is 3.93. The van der Waals surface area contributed by atoms with Crippen molar-refractivity contribution in [3.05, 3.63) is 59.7 Å². The van der Waals surface area contributed by atoms with Gasteiger partial charge in [-0.15, -0.1) is 0 Å². The Labute approximate surface area is 121 Å². The van der Waals surface area contributed by atoms with Crippen molar-refractivity contribution in [2.45, 2.75) is 6.92 Å². The molecule has 2 aromatic carbocycles. The molecule has 5 nitrogen and oxygen atoms in total. The van der Waals surface area contributed by atoms with Gasteiger partial charge in [0.15, 0.2) is 12.6 Å². The molecule has 0 fully saturated rings. The second-order valence-corrected chi connectivity index (χ2v) is 3.93. The van der Waals surface area contributed by atoms with Gasteiger partial charge in [0.25, 0.3) is 0 Å². The maximum absolute atomic E-state index is 10.5. The molecule has 0 unspecified atom stereocenters. The minimum Gasteiger partial charge on any atom is -0.507 e. The van der Waals surface area contributed by atoms with Crippen LogP contribution in [-0.2, 0) is 4.79 Å². The van der Waals surface area contributed by atoms with Gasteiger partial charge in [-0.25, -0.2) is 0 Å². The maximum atomic E-state index is 10.5. The Bertz CT molecular complexity index is 634. The average molecular weight is 286 g/mol. The second kappa shape index (κ2) is 8.27. The first-order valence-electron chi connectivity index (χ1n) is 6.04. The monoisotopic (exact) mass is 286 g/mol. The molecule has 1 N–H and O–H groups in total. The van der Waals surface area contributed by atoms with Crippen molar-refractivity contribution in [1.82, 2.24) is 0 Å². The number of ether oxygens (including phenoxy) is 1. The highest BCUT2D eigenvalue weighted by atomic mass is 16.5. The van der Waals surface area contributed by atoms with Crippen molar-refractivity contribution >= 4 is 18.5 Å². The van der Waals surface area contributed by atoms with E-state index in [0.717, 1.165) is 0 Å². The van der Waals surface area contributed by atoms with Crippen molar-refractivity contribution in [2.24, 2.45) is 0 Å². The molecule has 0 amide bonds. The number of para-hydroxylation sites is 2. The normalized spacial score (nSPS) is 9.00. The minimum absolute atomic E-state index is 0.0347. The van der Waals surface area contributed by atoms with Crippen molar-refractivity contribution in [1.29, 1.82) is 0 Å². The van der Waals surface area contributed by atoms with Crippen molar-refractivity contribution < 1.29 is 24.2 Å². The molecule has 0 aromatic heterocycles. The molecule has 0 atom stereocenters. The fourth-order valence-electron chi connectivity index (χ4n) is 1.41. The Balaban J connectivity index is 0.000000219. The highest BCUT2D eigenvalue weighted by Crippen LogP contribution is 2.15. The summed E-state index contributed by atoms with van der Waals surface area (Å²) in [6.45, 7) is 1.29. The molecule has 2 rings (SSSR count). The highest BCUT2D eigenvalue weighted by Gasteiger charge is 2.02. The smallest absolute Gasteiger partial charge is 0.308 e. The number of hydrogen-bond donors (Lipinski definition) is 1. The number of esters is 1. The summed E-state index contributed by atoms with van der Waals surface area (Å²) < 4.78 is 4.77. The molecule has 0 aliphatic rings. The third-order valence-corrected chi connectivity index (χ3v) is 2.36. The molecule has 108 valence electrons. The molecule has 0 saturated carbocycles. The zero-order valence-corrected chi connectivity index (χ0v) is 11.4. The number of carbonyl (C=O) groups excluding carboxylic acids is 3. The summed E-state index contributed by atoms with van der Waals surface area (Å²) in [5, 5.41) is 8.88. The van der Waals surface area contributed by atoms with Crippen molar-refractivity contribution in [2.75, 3.05) is 0 Å². The van der Waals surface area contributed by atoms with Gasteiger partial charge < -0.3 is 9.84 Å². The molecule has 0 radical (unpaired) electrons. The summed E-state index contributed by atoms with van der Waals surface area (Å²) in [6.07, 6.45) is 1.27. The van der Waals surface area contributed by atoms with E-state index in [2.05, 4.69) is 0 Å². The average Bonchev–Trinajstić information content (AvgIpc) is 2.48. The number of hydrogen-bond acceptors (Lipinski definition) is 5. The van der Waals surface area contributed by atoms with Gasteiger partial charge in [0.2, 0.25) is 0 Å². The fraction of sp³-hybridized carbons (Fsp3) is 0.0625. The lowest BCUT2D eigenvalue weighted by atomic mass is 10.2. The fourth-order valence-corrected chi connectivity index (χ4v) is 1.41. The summed E-state index contributed by atoms with van der Waals surface area (Å²) in [7, 11) is 0. The number of benzene rings is 2. The van der Waals surface area contributed by atoms with Crippen LogP contribution in [0.3, 0.4) is 0 Å². The SMILES string of the molecule is CC(=O)Oc1ccccc1C=O.O=Cc1ccccc1O. The van der Waals surface area contributed by atoms with Gasteiger partial charge in [-0.05, 0) is 24.3 Å². The van der Waals surface area contributed by atoms with Crippen molar-refractivity contribution in [3.8, 4) is 11.5 Å². The van der Waals surface area contributed by atoms with Crippen LogP contribution >= 0.6 is 0 Å². The maximum Gasteiger partial charge on any atom is 0.308 e. The molecule has 2 aromatic rings. The van der Waals surface area contributed by atoms with Crippen LogP contribution in [0.2, 0.25) is 0 Å². The van der Waals surface area contributed by atoms with Crippen LogP contribution in [0.4, 0.5) is 0 Å². The van der Waals surface area contributed by atoms with Gasteiger partial charge in [-0.1, -0.05) is 24.3 Å². The number of rotatable bonds is 3. The molecule has 5 heteroatoms. The van der Waals surface area contributed by atoms with E-state index in [4.69, 9.17) is 9.84 Å². The molecule has 0 bridgehead atoms. The molecular weight excluding hydrogens is 272 g/mol. The minimum atomic E-state index is -0.427. The first-order valence-corrected chi connectivity index (χ1v) is 6.04. The zero-order chi connectivity index (χ0) is 15.7. The van der Waals surface area contributed by atoms with Gasteiger partial charge in [0.05, 0.1) is 11.1 Å². The summed E-state index contributed by atoms with van der Waals surface area (Å²) in [5.74, 6) is -0.0863. The number of phenols is 1. The van der Waals surface area contributed by atoms with Crippen LogP contribution in [0.5, 0.6) is 11.5 Å². The summed E-state index contributed by atoms with van der Waals surface area (Å²) in [5.41, 5.74) is 0.713. The lowest BCUT2D eigenvalue weighted by Gasteiger charge is -2.01. The Morgan fingerprint density at radius 2 is 1.48 bits per heavy atom. The van der Waals surface area contributed by atoms with E-state index in [1.165, 1.54) is 13.0 Å². The van der Waals surface area contributed by atoms with Gasteiger partial charge in [-0.3, -0.25) is 14.4 Å². The first-order chi connectivity index (χ1) is 10.1. The summed E-state index contributed by atoms with van der Waals surface area (Å²) >= 11 is 0. The predicted octanol–water partition coefficient (Wildman–Crippen LogP) is 2.63. The van der Waals surface area contributed by atoms with Gasteiger partial charge in [0, 0.05) is 6.92 Å². The van der Waals surface area contributed by atoms with Crippen molar-refractivity contribution in [3.63, 3.8) is 0 Å². The molecular formula is C16H14O5. The Morgan fingerprint density at radius 3 is 1.95 bits per heavy atom. The lowest BCUT2D eigenvalue weighted by molar-refractivity contribution is -0.131. The van der Waals surface area contributed by atoms with E-state index in [9.17, 15) is 14.4 Å². The number of aromatic hydroxyl groups is 1. The Hall–Kier alpha value is -2.95. The van der Waals surface area contributed by atoms with Crippen LogP contribution in [0.25, 0.3) is 0 Å². The van der Waals surface area contributed by atoms with E-state index in [0.29, 0.717) is 29.4 Å². The van der Waals surface area contributed by atoms with Crippen LogP contribution in [-0.4, -0.2) is 23.6 Å². The highest BCUT2D eigenvalue weighted by molar-refractivity contribution is 5.81. The van der Waals surface area contributed by atoms with Gasteiger partial charge in [-0.2, -0.15) is 0 Å². The molecule has 0 aliphatic carbocycles. The molecule has 0 saturated heterocycles. The molecule has 0 aliphatic heterocycles. The number of carbonyl (C=O) groups is 3. The Morgan fingerprint density at radius 1 is 0.952 bits per heavy atom. The van der Waals surface area contributed by atoms with Crippen LogP contribution < -0.4 is 4.74 Å². The zero-order valence-electron chi connectivity index (χ0n) is 11.4. The Kier molecular flexibility index (Phi) is 6.34. The third-order valence-electron chi connectivity index (χ3n) is 2.36. The molecule has 0 heterocycles. The number of phenolic OH excluding ortho intramolecular Hbond substituents is 1. The van der Waals surface area contributed by atoms with Crippen LogP contribution in [0.1, 0.15) is 27.6 Å². The van der Waals surface area contributed by atoms with Crippen LogP contribution in [0.15, 0.2) is 48.5 Å². The first kappa shape index (κ1) is 16.1. The largest absolute Gasteiger partial charge is 0.507 e. The van der Waals surface area contributed by atoms with Gasteiger partial charge >= 0.3 is 5.97 Å². The summed E-state index contributed by atoms with van der Waals surface area (Å²) in [4.78, 5) is 31.0. The van der Waals surface area contributed by atoms with E-state index in [-0.39, 0.29) is 5.75 Å². The van der Waals surface area contributed by atoms with E-state index in [1.807, 2.05) is 0 Å². The van der Waals surface area contributed by atoms with E-state index >= 15 is 0 Å².